The van der Waals surface area contributed by atoms with Crippen molar-refractivity contribution in [2.75, 3.05) is 11.9 Å². The number of aryl methyl sites for hydroxylation is 3. The molecule has 0 unspecified atom stereocenters. The van der Waals surface area contributed by atoms with Gasteiger partial charge in [-0.15, -0.1) is 11.3 Å². The average Bonchev–Trinajstić information content (AvgIpc) is 3.17. The Morgan fingerprint density at radius 2 is 1.77 bits per heavy atom. The fourth-order valence-corrected chi connectivity index (χ4v) is 3.78. The van der Waals surface area contributed by atoms with Crippen molar-refractivity contribution < 1.29 is 14.3 Å². The molecule has 2 amide bonds. The molecule has 2 N–H and O–H groups in total. The van der Waals surface area contributed by atoms with Gasteiger partial charge in [-0.25, -0.2) is 4.98 Å². The van der Waals surface area contributed by atoms with Crippen molar-refractivity contribution in [1.29, 1.82) is 0 Å². The van der Waals surface area contributed by atoms with Crippen molar-refractivity contribution in [2.45, 2.75) is 27.4 Å². The standard InChI is InChI=1S/C22H22ClN3O3S/c1-13-8-14(2)21(15(3)9-13)26-19(27)10-24-22(28)18-12-30-20(25-18)11-29-17-6-4-16(23)5-7-17/h4-9,12H,10-11H2,1-3H3,(H,24,28)(H,26,27). The minimum Gasteiger partial charge on any atom is -0.486 e. The van der Waals surface area contributed by atoms with Gasteiger partial charge < -0.3 is 15.4 Å². The van der Waals surface area contributed by atoms with Crippen LogP contribution in [0.1, 0.15) is 32.2 Å². The quantitative estimate of drug-likeness (QED) is 0.556. The number of amides is 2. The minimum absolute atomic E-state index is 0.139. The van der Waals surface area contributed by atoms with Gasteiger partial charge in [-0.3, -0.25) is 9.59 Å². The van der Waals surface area contributed by atoms with Crippen LogP contribution in [0.2, 0.25) is 5.02 Å². The Hall–Kier alpha value is -2.90. The summed E-state index contributed by atoms with van der Waals surface area (Å²) in [6.07, 6.45) is 0. The number of benzene rings is 2. The summed E-state index contributed by atoms with van der Waals surface area (Å²) in [5, 5.41) is 8.39. The van der Waals surface area contributed by atoms with Crippen LogP contribution in [-0.2, 0) is 11.4 Å². The smallest absolute Gasteiger partial charge is 0.271 e. The lowest BCUT2D eigenvalue weighted by atomic mass is 10.1. The molecule has 1 aromatic heterocycles. The molecule has 8 heteroatoms. The number of anilines is 1. The second kappa shape index (κ2) is 9.73. The van der Waals surface area contributed by atoms with Crippen molar-refractivity contribution in [3.63, 3.8) is 0 Å². The predicted octanol–water partition coefficient (Wildman–Crippen LogP) is 4.67. The van der Waals surface area contributed by atoms with E-state index in [1.165, 1.54) is 11.3 Å². The molecule has 0 saturated heterocycles. The number of nitrogens with one attached hydrogen (secondary N) is 2. The van der Waals surface area contributed by atoms with Crippen LogP contribution < -0.4 is 15.4 Å². The van der Waals surface area contributed by atoms with Gasteiger partial charge in [-0.2, -0.15) is 0 Å². The maximum atomic E-state index is 12.3. The molecule has 3 aromatic rings. The fourth-order valence-electron chi connectivity index (χ4n) is 2.97. The third-order valence-corrected chi connectivity index (χ3v) is 5.39. The number of carbonyl (C=O) groups excluding carboxylic acids is 2. The summed E-state index contributed by atoms with van der Waals surface area (Å²) in [4.78, 5) is 28.8. The lowest BCUT2D eigenvalue weighted by Gasteiger charge is -2.13. The summed E-state index contributed by atoms with van der Waals surface area (Å²) in [5.41, 5.74) is 4.13. The number of rotatable bonds is 7. The topological polar surface area (TPSA) is 80.3 Å². The van der Waals surface area contributed by atoms with Crippen LogP contribution in [0.15, 0.2) is 41.8 Å². The van der Waals surface area contributed by atoms with Gasteiger partial charge in [-0.1, -0.05) is 29.3 Å². The normalized spacial score (nSPS) is 10.5. The summed E-state index contributed by atoms with van der Waals surface area (Å²) >= 11 is 7.17. The Labute approximate surface area is 184 Å². The summed E-state index contributed by atoms with van der Waals surface area (Å²) in [6.45, 7) is 5.99. The number of hydrogen-bond donors (Lipinski definition) is 2. The van der Waals surface area contributed by atoms with Crippen LogP contribution in [0, 0.1) is 20.8 Å². The molecule has 3 rings (SSSR count). The molecule has 0 aliphatic carbocycles. The van der Waals surface area contributed by atoms with E-state index in [2.05, 4.69) is 15.6 Å². The first-order valence-corrected chi connectivity index (χ1v) is 10.6. The molecule has 0 bridgehead atoms. The van der Waals surface area contributed by atoms with Gasteiger partial charge in [0.2, 0.25) is 5.91 Å². The molecule has 0 saturated carbocycles. The number of thiazole rings is 1. The summed E-state index contributed by atoms with van der Waals surface area (Å²) in [6, 6.07) is 11.0. The Morgan fingerprint density at radius 3 is 2.43 bits per heavy atom. The van der Waals surface area contributed by atoms with E-state index in [4.69, 9.17) is 16.3 Å². The van der Waals surface area contributed by atoms with E-state index in [1.807, 2.05) is 32.9 Å². The first-order valence-electron chi connectivity index (χ1n) is 9.30. The van der Waals surface area contributed by atoms with Crippen molar-refractivity contribution in [3.8, 4) is 5.75 Å². The highest BCUT2D eigenvalue weighted by Gasteiger charge is 2.14. The molecule has 30 heavy (non-hydrogen) atoms. The second-order valence-electron chi connectivity index (χ2n) is 6.87. The van der Waals surface area contributed by atoms with Gasteiger partial charge in [0.1, 0.15) is 23.1 Å². The molecule has 0 aliphatic heterocycles. The molecule has 6 nitrogen and oxygen atoms in total. The van der Waals surface area contributed by atoms with E-state index in [0.717, 1.165) is 22.4 Å². The molecule has 156 valence electrons. The molecule has 1 heterocycles. The molecular weight excluding hydrogens is 422 g/mol. The van der Waals surface area contributed by atoms with Gasteiger partial charge >= 0.3 is 0 Å². The Balaban J connectivity index is 1.50. The monoisotopic (exact) mass is 443 g/mol. The van der Waals surface area contributed by atoms with E-state index >= 15 is 0 Å². The van der Waals surface area contributed by atoms with Crippen LogP contribution in [0.25, 0.3) is 0 Å². The predicted molar refractivity (Wildman–Crippen MR) is 120 cm³/mol. The molecular formula is C22H22ClN3O3S. The van der Waals surface area contributed by atoms with E-state index in [9.17, 15) is 9.59 Å². The largest absolute Gasteiger partial charge is 0.486 e. The van der Waals surface area contributed by atoms with E-state index in [0.29, 0.717) is 15.8 Å². The highest BCUT2D eigenvalue weighted by atomic mass is 35.5. The Kier molecular flexibility index (Phi) is 7.07. The van der Waals surface area contributed by atoms with Crippen LogP contribution in [0.4, 0.5) is 5.69 Å². The molecule has 0 fully saturated rings. The van der Waals surface area contributed by atoms with Crippen molar-refractivity contribution >= 4 is 40.4 Å². The van der Waals surface area contributed by atoms with Crippen molar-refractivity contribution in [1.82, 2.24) is 10.3 Å². The van der Waals surface area contributed by atoms with Crippen molar-refractivity contribution in [3.05, 3.63) is 74.2 Å². The summed E-state index contributed by atoms with van der Waals surface area (Å²) < 4.78 is 5.63. The zero-order valence-electron chi connectivity index (χ0n) is 16.9. The fraction of sp³-hybridized carbons (Fsp3) is 0.227. The highest BCUT2D eigenvalue weighted by molar-refractivity contribution is 7.09. The van der Waals surface area contributed by atoms with Gasteiger partial charge in [0.05, 0.1) is 6.54 Å². The number of carbonyl (C=O) groups is 2. The lowest BCUT2D eigenvalue weighted by Crippen LogP contribution is -2.33. The average molecular weight is 444 g/mol. The van der Waals surface area contributed by atoms with E-state index in [1.54, 1.807) is 29.6 Å². The number of hydrogen-bond acceptors (Lipinski definition) is 5. The number of halogens is 1. The Morgan fingerprint density at radius 1 is 1.10 bits per heavy atom. The second-order valence-corrected chi connectivity index (χ2v) is 8.25. The maximum absolute atomic E-state index is 12.3. The first kappa shape index (κ1) is 21.8. The molecule has 0 spiro atoms. The SMILES string of the molecule is Cc1cc(C)c(NC(=O)CNC(=O)c2csc(COc3ccc(Cl)cc3)n2)c(C)c1. The zero-order valence-corrected chi connectivity index (χ0v) is 18.5. The van der Waals surface area contributed by atoms with Gasteiger partial charge in [-0.05, 0) is 56.2 Å². The van der Waals surface area contributed by atoms with Gasteiger partial charge in [0.25, 0.3) is 5.91 Å². The number of nitrogens with zero attached hydrogens (tertiary/aromatic N) is 1. The van der Waals surface area contributed by atoms with Crippen LogP contribution in [0.5, 0.6) is 5.75 Å². The van der Waals surface area contributed by atoms with Crippen LogP contribution in [0.3, 0.4) is 0 Å². The third kappa shape index (κ3) is 5.81. The first-order chi connectivity index (χ1) is 14.3. The number of aromatic nitrogens is 1. The van der Waals surface area contributed by atoms with Gasteiger partial charge in [0.15, 0.2) is 0 Å². The highest BCUT2D eigenvalue weighted by Crippen LogP contribution is 2.22. The molecule has 2 aromatic carbocycles. The van der Waals surface area contributed by atoms with Crippen molar-refractivity contribution in [2.24, 2.45) is 0 Å². The van der Waals surface area contributed by atoms with Gasteiger partial charge in [0, 0.05) is 16.1 Å². The minimum atomic E-state index is -0.406. The van der Waals surface area contributed by atoms with Crippen LogP contribution in [-0.4, -0.2) is 23.3 Å². The maximum Gasteiger partial charge on any atom is 0.271 e. The summed E-state index contributed by atoms with van der Waals surface area (Å²) in [7, 11) is 0. The summed E-state index contributed by atoms with van der Waals surface area (Å²) in [5.74, 6) is -0.0321. The molecule has 0 atom stereocenters. The zero-order chi connectivity index (χ0) is 21.7. The third-order valence-electron chi connectivity index (χ3n) is 4.31. The molecule has 0 aliphatic rings. The van der Waals surface area contributed by atoms with E-state index < -0.39 is 5.91 Å². The Bertz CT molecular complexity index is 1040. The lowest BCUT2D eigenvalue weighted by molar-refractivity contribution is -0.115. The van der Waals surface area contributed by atoms with Crippen LogP contribution >= 0.6 is 22.9 Å². The molecule has 0 radical (unpaired) electrons. The number of ether oxygens (including phenoxy) is 1. The van der Waals surface area contributed by atoms with E-state index in [-0.39, 0.29) is 24.8 Å².